The SMILES string of the molecule is C=CCCCCCCCCC(=O)N[C@H](C(=O)N[C@@H](CC(C)C)C(=O)O)C(C)C. The van der Waals surface area contributed by atoms with Crippen LogP contribution in [0.1, 0.15) is 85.5 Å². The third-order valence-corrected chi connectivity index (χ3v) is 4.65. The summed E-state index contributed by atoms with van der Waals surface area (Å²) in [5.41, 5.74) is 0. The molecular weight excluding hydrogens is 356 g/mol. The molecule has 2 atom stereocenters. The number of carbonyl (C=O) groups excluding carboxylic acids is 2. The highest BCUT2D eigenvalue weighted by Crippen LogP contribution is 2.10. The predicted molar refractivity (Wildman–Crippen MR) is 113 cm³/mol. The number of carboxylic acid groups (broad SMARTS) is 1. The molecule has 0 aromatic carbocycles. The third-order valence-electron chi connectivity index (χ3n) is 4.65. The molecule has 0 saturated heterocycles. The van der Waals surface area contributed by atoms with E-state index in [1.807, 2.05) is 33.8 Å². The molecule has 162 valence electrons. The van der Waals surface area contributed by atoms with Crippen LogP contribution >= 0.6 is 0 Å². The summed E-state index contributed by atoms with van der Waals surface area (Å²) < 4.78 is 0. The Labute approximate surface area is 170 Å². The number of hydrogen-bond donors (Lipinski definition) is 3. The van der Waals surface area contributed by atoms with Crippen LogP contribution in [0, 0.1) is 11.8 Å². The number of carboxylic acids is 1. The van der Waals surface area contributed by atoms with Crippen LogP contribution in [0.3, 0.4) is 0 Å². The van der Waals surface area contributed by atoms with E-state index in [1.54, 1.807) is 0 Å². The molecule has 0 aromatic rings. The first kappa shape index (κ1) is 26.1. The van der Waals surface area contributed by atoms with E-state index in [-0.39, 0.29) is 17.7 Å². The van der Waals surface area contributed by atoms with Crippen LogP contribution < -0.4 is 10.6 Å². The molecule has 0 saturated carbocycles. The van der Waals surface area contributed by atoms with Crippen molar-refractivity contribution < 1.29 is 19.5 Å². The van der Waals surface area contributed by atoms with Gasteiger partial charge < -0.3 is 15.7 Å². The van der Waals surface area contributed by atoms with Crippen molar-refractivity contribution >= 4 is 17.8 Å². The van der Waals surface area contributed by atoms with Crippen LogP contribution in [0.2, 0.25) is 0 Å². The number of nitrogens with one attached hydrogen (secondary N) is 2. The Kier molecular flexibility index (Phi) is 14.1. The number of hydrogen-bond acceptors (Lipinski definition) is 3. The van der Waals surface area contributed by atoms with Crippen LogP contribution in [0.15, 0.2) is 12.7 Å². The second kappa shape index (κ2) is 15.1. The van der Waals surface area contributed by atoms with E-state index in [9.17, 15) is 19.5 Å². The highest BCUT2D eigenvalue weighted by Gasteiger charge is 2.28. The average molecular weight is 397 g/mol. The van der Waals surface area contributed by atoms with E-state index < -0.39 is 24.0 Å². The fourth-order valence-electron chi connectivity index (χ4n) is 3.02. The first-order chi connectivity index (χ1) is 13.2. The number of carbonyl (C=O) groups is 3. The Bertz CT molecular complexity index is 489. The van der Waals surface area contributed by atoms with Gasteiger partial charge in [0.2, 0.25) is 11.8 Å². The molecule has 6 nitrogen and oxygen atoms in total. The number of amides is 2. The molecule has 0 spiro atoms. The number of unbranched alkanes of at least 4 members (excludes halogenated alkanes) is 6. The van der Waals surface area contributed by atoms with Crippen molar-refractivity contribution in [3.8, 4) is 0 Å². The zero-order valence-electron chi connectivity index (χ0n) is 18.1. The standard InChI is InChI=1S/C22H40N2O4/c1-6-7-8-9-10-11-12-13-14-19(25)24-20(17(4)5)21(26)23-18(22(27)28)15-16(2)3/h6,16-18,20H,1,7-15H2,2-5H3,(H,23,26)(H,24,25)(H,27,28)/t18-,20-/m0/s1. The van der Waals surface area contributed by atoms with Gasteiger partial charge in [-0.05, 0) is 37.5 Å². The first-order valence-corrected chi connectivity index (χ1v) is 10.6. The molecule has 2 amide bonds. The van der Waals surface area contributed by atoms with E-state index in [0.717, 1.165) is 25.7 Å². The van der Waals surface area contributed by atoms with E-state index in [4.69, 9.17) is 0 Å². The molecule has 3 N–H and O–H groups in total. The second-order valence-corrected chi connectivity index (χ2v) is 8.27. The summed E-state index contributed by atoms with van der Waals surface area (Å²) in [4.78, 5) is 36.1. The molecule has 6 heteroatoms. The lowest BCUT2D eigenvalue weighted by atomic mass is 10.00. The molecule has 0 heterocycles. The molecule has 28 heavy (non-hydrogen) atoms. The molecule has 0 unspecified atom stereocenters. The van der Waals surface area contributed by atoms with E-state index >= 15 is 0 Å². The topological polar surface area (TPSA) is 95.5 Å². The van der Waals surface area contributed by atoms with Crippen LogP contribution in [0.5, 0.6) is 0 Å². The normalized spacial score (nSPS) is 13.2. The van der Waals surface area contributed by atoms with Crippen molar-refractivity contribution in [3.05, 3.63) is 12.7 Å². The van der Waals surface area contributed by atoms with Gasteiger partial charge in [0.15, 0.2) is 0 Å². The summed E-state index contributed by atoms with van der Waals surface area (Å²) in [5.74, 6) is -1.62. The van der Waals surface area contributed by atoms with E-state index in [1.165, 1.54) is 19.3 Å². The molecule has 0 fully saturated rings. The van der Waals surface area contributed by atoms with Crippen LogP contribution in [-0.4, -0.2) is 35.0 Å². The lowest BCUT2D eigenvalue weighted by molar-refractivity contribution is -0.143. The zero-order chi connectivity index (χ0) is 21.5. The van der Waals surface area contributed by atoms with Gasteiger partial charge in [-0.1, -0.05) is 59.5 Å². The van der Waals surface area contributed by atoms with Crippen LogP contribution in [-0.2, 0) is 14.4 Å². The summed E-state index contributed by atoms with van der Waals surface area (Å²) >= 11 is 0. The number of rotatable bonds is 16. The maximum Gasteiger partial charge on any atom is 0.326 e. The summed E-state index contributed by atoms with van der Waals surface area (Å²) in [5, 5.41) is 14.7. The van der Waals surface area contributed by atoms with E-state index in [2.05, 4.69) is 17.2 Å². The van der Waals surface area contributed by atoms with Crippen molar-refractivity contribution in [2.24, 2.45) is 11.8 Å². The van der Waals surface area contributed by atoms with Gasteiger partial charge in [0.1, 0.15) is 12.1 Å². The fourth-order valence-corrected chi connectivity index (χ4v) is 3.02. The Balaban J connectivity index is 4.36. The maximum atomic E-state index is 12.5. The molecule has 0 bridgehead atoms. The van der Waals surface area contributed by atoms with Gasteiger partial charge in [-0.15, -0.1) is 6.58 Å². The maximum absolute atomic E-state index is 12.5. The molecular formula is C22H40N2O4. The molecule has 0 aliphatic rings. The van der Waals surface area contributed by atoms with Crippen molar-refractivity contribution in [2.75, 3.05) is 0 Å². The van der Waals surface area contributed by atoms with Crippen molar-refractivity contribution in [2.45, 2.75) is 97.6 Å². The minimum Gasteiger partial charge on any atom is -0.480 e. The summed E-state index contributed by atoms with van der Waals surface area (Å²) in [6.07, 6.45) is 10.2. The fraction of sp³-hybridized carbons (Fsp3) is 0.773. The summed E-state index contributed by atoms with van der Waals surface area (Å²) in [6.45, 7) is 11.2. The van der Waals surface area contributed by atoms with E-state index in [0.29, 0.717) is 12.8 Å². The Morgan fingerprint density at radius 3 is 2.00 bits per heavy atom. The van der Waals surface area contributed by atoms with Crippen molar-refractivity contribution in [1.29, 1.82) is 0 Å². The van der Waals surface area contributed by atoms with Crippen molar-refractivity contribution in [3.63, 3.8) is 0 Å². The molecule has 0 aliphatic carbocycles. The van der Waals surface area contributed by atoms with Gasteiger partial charge in [-0.2, -0.15) is 0 Å². The minimum absolute atomic E-state index is 0.123. The minimum atomic E-state index is -1.05. The Morgan fingerprint density at radius 1 is 0.929 bits per heavy atom. The second-order valence-electron chi connectivity index (χ2n) is 8.27. The third kappa shape index (κ3) is 12.5. The van der Waals surface area contributed by atoms with Gasteiger partial charge >= 0.3 is 5.97 Å². The highest BCUT2D eigenvalue weighted by atomic mass is 16.4. The van der Waals surface area contributed by atoms with Gasteiger partial charge in [-0.3, -0.25) is 9.59 Å². The monoisotopic (exact) mass is 396 g/mol. The smallest absolute Gasteiger partial charge is 0.326 e. The lowest BCUT2D eigenvalue weighted by Crippen LogP contribution is -2.53. The molecule has 0 radical (unpaired) electrons. The molecule has 0 aromatic heterocycles. The Morgan fingerprint density at radius 2 is 1.50 bits per heavy atom. The van der Waals surface area contributed by atoms with Gasteiger partial charge in [0.05, 0.1) is 0 Å². The van der Waals surface area contributed by atoms with Gasteiger partial charge in [-0.25, -0.2) is 4.79 Å². The highest BCUT2D eigenvalue weighted by molar-refractivity contribution is 5.90. The van der Waals surface area contributed by atoms with Gasteiger partial charge in [0, 0.05) is 6.42 Å². The largest absolute Gasteiger partial charge is 0.480 e. The number of allylic oxidation sites excluding steroid dienone is 1. The first-order valence-electron chi connectivity index (χ1n) is 10.6. The number of aliphatic carboxylic acids is 1. The summed E-state index contributed by atoms with van der Waals surface area (Å²) in [6, 6.07) is -1.66. The lowest BCUT2D eigenvalue weighted by Gasteiger charge is -2.24. The molecule has 0 aliphatic heterocycles. The Hall–Kier alpha value is -1.85. The van der Waals surface area contributed by atoms with Gasteiger partial charge in [0.25, 0.3) is 0 Å². The predicted octanol–water partition coefficient (Wildman–Crippen LogP) is 4.05. The van der Waals surface area contributed by atoms with Crippen LogP contribution in [0.25, 0.3) is 0 Å². The van der Waals surface area contributed by atoms with Crippen LogP contribution in [0.4, 0.5) is 0 Å². The summed E-state index contributed by atoms with van der Waals surface area (Å²) in [7, 11) is 0. The zero-order valence-corrected chi connectivity index (χ0v) is 18.1. The molecule has 0 rings (SSSR count). The van der Waals surface area contributed by atoms with Crippen molar-refractivity contribution in [1.82, 2.24) is 10.6 Å². The average Bonchev–Trinajstić information content (AvgIpc) is 2.60. The quantitative estimate of drug-likeness (QED) is 0.271.